The summed E-state index contributed by atoms with van der Waals surface area (Å²) >= 11 is 0. The van der Waals surface area contributed by atoms with Crippen molar-refractivity contribution < 1.29 is 9.59 Å². The van der Waals surface area contributed by atoms with Crippen LogP contribution in [0.1, 0.15) is 25.7 Å². The molecular formula is C8H10O2. The molecule has 2 unspecified atom stereocenters. The maximum Gasteiger partial charge on any atom is 0.201 e. The molecule has 0 aromatic carbocycles. The highest BCUT2D eigenvalue weighted by Gasteiger charge is 2.42. The Hall–Kier alpha value is -0.660. The number of ketones is 2. The van der Waals surface area contributed by atoms with Gasteiger partial charge in [0.1, 0.15) is 0 Å². The normalized spacial score (nSPS) is 38.8. The molecule has 2 atom stereocenters. The van der Waals surface area contributed by atoms with E-state index in [4.69, 9.17) is 0 Å². The Kier molecular flexibility index (Phi) is 1.16. The lowest BCUT2D eigenvalue weighted by molar-refractivity contribution is -0.136. The number of Topliss-reactive ketones (excluding diaryl/α,β-unsaturated/α-hetero) is 2. The highest BCUT2D eigenvalue weighted by molar-refractivity contribution is 6.40. The van der Waals surface area contributed by atoms with Crippen LogP contribution < -0.4 is 0 Å². The number of rotatable bonds is 0. The molecule has 2 fully saturated rings. The predicted molar refractivity (Wildman–Crippen MR) is 35.5 cm³/mol. The van der Waals surface area contributed by atoms with Crippen molar-refractivity contribution in [3.63, 3.8) is 0 Å². The summed E-state index contributed by atoms with van der Waals surface area (Å²) in [6.45, 7) is 0. The minimum Gasteiger partial charge on any atom is -0.291 e. The third-order valence-electron chi connectivity index (χ3n) is 2.66. The van der Waals surface area contributed by atoms with Crippen LogP contribution in [0.15, 0.2) is 0 Å². The van der Waals surface area contributed by atoms with Gasteiger partial charge >= 0.3 is 0 Å². The highest BCUT2D eigenvalue weighted by atomic mass is 16.2. The van der Waals surface area contributed by atoms with E-state index in [0.29, 0.717) is 0 Å². The van der Waals surface area contributed by atoms with Gasteiger partial charge in [0.25, 0.3) is 0 Å². The molecule has 0 N–H and O–H groups in total. The number of carbonyl (C=O) groups excluding carboxylic acids is 2. The molecule has 54 valence electrons. The van der Waals surface area contributed by atoms with Gasteiger partial charge < -0.3 is 0 Å². The second kappa shape index (κ2) is 1.91. The van der Waals surface area contributed by atoms with Gasteiger partial charge in [-0.2, -0.15) is 0 Å². The molecule has 2 rings (SSSR count). The molecule has 2 saturated carbocycles. The fourth-order valence-electron chi connectivity index (χ4n) is 2.07. The summed E-state index contributed by atoms with van der Waals surface area (Å²) in [6, 6.07) is 0. The van der Waals surface area contributed by atoms with E-state index >= 15 is 0 Å². The van der Waals surface area contributed by atoms with Crippen molar-refractivity contribution in [3.8, 4) is 0 Å². The highest BCUT2D eigenvalue weighted by Crippen LogP contribution is 2.36. The van der Waals surface area contributed by atoms with Crippen molar-refractivity contribution >= 4 is 11.6 Å². The van der Waals surface area contributed by atoms with Gasteiger partial charge in [-0.15, -0.1) is 0 Å². The van der Waals surface area contributed by atoms with Gasteiger partial charge in [-0.05, 0) is 19.3 Å². The lowest BCUT2D eigenvalue weighted by Gasteiger charge is -2.13. The largest absolute Gasteiger partial charge is 0.291 e. The summed E-state index contributed by atoms with van der Waals surface area (Å²) in [5, 5.41) is 0. The Balaban J connectivity index is 2.29. The van der Waals surface area contributed by atoms with E-state index in [9.17, 15) is 9.59 Å². The predicted octanol–water partition coefficient (Wildman–Crippen LogP) is 0.945. The number of hydrogen-bond acceptors (Lipinski definition) is 2. The van der Waals surface area contributed by atoms with Crippen molar-refractivity contribution in [2.75, 3.05) is 0 Å². The minimum atomic E-state index is -0.0810. The molecule has 0 radical (unpaired) electrons. The van der Waals surface area contributed by atoms with Gasteiger partial charge in [-0.1, -0.05) is 6.42 Å². The SMILES string of the molecule is O=C1C(=O)C2CCCC1C2. The summed E-state index contributed by atoms with van der Waals surface area (Å²) in [6.07, 6.45) is 3.85. The minimum absolute atomic E-state index is 0.0810. The number of hydrogen-bond donors (Lipinski definition) is 0. The van der Waals surface area contributed by atoms with Gasteiger partial charge in [-0.25, -0.2) is 0 Å². The second-order valence-electron chi connectivity index (χ2n) is 3.29. The fourth-order valence-corrected chi connectivity index (χ4v) is 2.07. The van der Waals surface area contributed by atoms with Gasteiger partial charge in [0.05, 0.1) is 0 Å². The Morgan fingerprint density at radius 2 is 1.50 bits per heavy atom. The molecule has 0 heterocycles. The van der Waals surface area contributed by atoms with Crippen molar-refractivity contribution in [1.29, 1.82) is 0 Å². The summed E-state index contributed by atoms with van der Waals surface area (Å²) in [4.78, 5) is 22.1. The first kappa shape index (κ1) is 6.08. The zero-order chi connectivity index (χ0) is 7.14. The van der Waals surface area contributed by atoms with E-state index in [1.165, 1.54) is 0 Å². The van der Waals surface area contributed by atoms with E-state index in [1.54, 1.807) is 0 Å². The Morgan fingerprint density at radius 1 is 1.00 bits per heavy atom. The molecule has 2 aliphatic carbocycles. The smallest absolute Gasteiger partial charge is 0.201 e. The van der Waals surface area contributed by atoms with Crippen molar-refractivity contribution in [2.24, 2.45) is 11.8 Å². The summed E-state index contributed by atoms with van der Waals surface area (Å²) in [7, 11) is 0. The molecule has 2 heteroatoms. The fraction of sp³-hybridized carbons (Fsp3) is 0.750. The third kappa shape index (κ3) is 0.648. The van der Waals surface area contributed by atoms with Gasteiger partial charge in [0.15, 0.2) is 0 Å². The van der Waals surface area contributed by atoms with Crippen molar-refractivity contribution in [1.82, 2.24) is 0 Å². The molecule has 2 bridgehead atoms. The molecule has 0 aromatic rings. The molecule has 2 aliphatic rings. The summed E-state index contributed by atoms with van der Waals surface area (Å²) in [5.74, 6) is 0.0718. The van der Waals surface area contributed by atoms with Gasteiger partial charge in [-0.3, -0.25) is 9.59 Å². The number of carbonyl (C=O) groups is 2. The lowest BCUT2D eigenvalue weighted by Crippen LogP contribution is -2.12. The monoisotopic (exact) mass is 138 g/mol. The first-order valence-corrected chi connectivity index (χ1v) is 3.87. The van der Waals surface area contributed by atoms with Crippen LogP contribution in [0, 0.1) is 11.8 Å². The lowest BCUT2D eigenvalue weighted by atomic mass is 9.89. The Morgan fingerprint density at radius 3 is 1.90 bits per heavy atom. The van der Waals surface area contributed by atoms with E-state index in [2.05, 4.69) is 0 Å². The van der Waals surface area contributed by atoms with E-state index in [1.807, 2.05) is 0 Å². The summed E-state index contributed by atoms with van der Waals surface area (Å²) < 4.78 is 0. The Bertz CT molecular complexity index is 175. The van der Waals surface area contributed by atoms with Gasteiger partial charge in [0.2, 0.25) is 11.6 Å². The topological polar surface area (TPSA) is 34.1 Å². The third-order valence-corrected chi connectivity index (χ3v) is 2.66. The average molecular weight is 138 g/mol. The quantitative estimate of drug-likeness (QED) is 0.467. The van der Waals surface area contributed by atoms with Crippen molar-refractivity contribution in [3.05, 3.63) is 0 Å². The van der Waals surface area contributed by atoms with E-state index in [0.717, 1.165) is 25.7 Å². The van der Waals surface area contributed by atoms with Crippen LogP contribution in [0.25, 0.3) is 0 Å². The molecule has 0 amide bonds. The maximum absolute atomic E-state index is 11.0. The van der Waals surface area contributed by atoms with Crippen LogP contribution >= 0.6 is 0 Å². The maximum atomic E-state index is 11.0. The standard InChI is InChI=1S/C8H10O2/c9-7-5-2-1-3-6(4-5)8(7)10/h5-6H,1-4H2. The van der Waals surface area contributed by atoms with Crippen LogP contribution in [0.4, 0.5) is 0 Å². The zero-order valence-corrected chi connectivity index (χ0v) is 5.80. The molecule has 0 saturated heterocycles. The molecular weight excluding hydrogens is 128 g/mol. The van der Waals surface area contributed by atoms with Crippen molar-refractivity contribution in [2.45, 2.75) is 25.7 Å². The molecule has 10 heavy (non-hydrogen) atoms. The van der Waals surface area contributed by atoms with Crippen LogP contribution in [-0.4, -0.2) is 11.6 Å². The number of fused-ring (bicyclic) bond motifs is 2. The Labute approximate surface area is 59.6 Å². The molecule has 2 nitrogen and oxygen atoms in total. The first-order valence-electron chi connectivity index (χ1n) is 3.87. The molecule has 0 spiro atoms. The zero-order valence-electron chi connectivity index (χ0n) is 5.80. The average Bonchev–Trinajstić information content (AvgIpc) is 2.17. The van der Waals surface area contributed by atoms with Crippen LogP contribution in [0.5, 0.6) is 0 Å². The molecule has 0 aromatic heterocycles. The van der Waals surface area contributed by atoms with E-state index in [-0.39, 0.29) is 23.4 Å². The van der Waals surface area contributed by atoms with Crippen LogP contribution in [-0.2, 0) is 9.59 Å². The van der Waals surface area contributed by atoms with E-state index < -0.39 is 0 Å². The van der Waals surface area contributed by atoms with Crippen LogP contribution in [0.2, 0.25) is 0 Å². The second-order valence-corrected chi connectivity index (χ2v) is 3.29. The van der Waals surface area contributed by atoms with Crippen LogP contribution in [0.3, 0.4) is 0 Å². The van der Waals surface area contributed by atoms with Gasteiger partial charge in [0, 0.05) is 11.8 Å². The summed E-state index contributed by atoms with van der Waals surface area (Å²) in [5.41, 5.74) is 0. The first-order chi connectivity index (χ1) is 4.79. The molecule has 0 aliphatic heterocycles.